The minimum absolute atomic E-state index is 0. The Morgan fingerprint density at radius 3 is 2.44 bits per heavy atom. The Morgan fingerprint density at radius 1 is 1.25 bits per heavy atom. The lowest BCUT2D eigenvalue weighted by Crippen LogP contribution is -2.20. The summed E-state index contributed by atoms with van der Waals surface area (Å²) in [6.07, 6.45) is 3.16. The summed E-state index contributed by atoms with van der Waals surface area (Å²) in [5.74, 6) is -0.874. The van der Waals surface area contributed by atoms with Crippen LogP contribution in [-0.4, -0.2) is 24.2 Å². The average molecular weight is 240 g/mol. The van der Waals surface area contributed by atoms with E-state index in [1.807, 2.05) is 12.1 Å². The number of nitrogens with one attached hydrogen (secondary N) is 1. The highest BCUT2D eigenvalue weighted by Crippen LogP contribution is 2.19. The zero-order chi connectivity index (χ0) is 10.7. The SMILES string of the molecule is Cl.O=C(O)c1ccc(C2=CCNCC2)cc1. The van der Waals surface area contributed by atoms with Crippen molar-refractivity contribution >= 4 is 23.9 Å². The Balaban J connectivity index is 0.00000128. The number of carboxylic acids is 1. The molecule has 0 aliphatic carbocycles. The summed E-state index contributed by atoms with van der Waals surface area (Å²) in [5, 5.41) is 12.0. The lowest BCUT2D eigenvalue weighted by Gasteiger charge is -2.14. The lowest BCUT2D eigenvalue weighted by atomic mass is 9.99. The number of carboxylic acid groups (broad SMARTS) is 1. The number of halogens is 1. The number of rotatable bonds is 2. The van der Waals surface area contributed by atoms with Crippen LogP contribution < -0.4 is 5.32 Å². The van der Waals surface area contributed by atoms with E-state index in [9.17, 15) is 4.79 Å². The number of hydrogen-bond donors (Lipinski definition) is 2. The predicted molar refractivity (Wildman–Crippen MR) is 66.1 cm³/mol. The number of aromatic carboxylic acids is 1. The van der Waals surface area contributed by atoms with Gasteiger partial charge in [-0.2, -0.15) is 0 Å². The number of benzene rings is 1. The molecule has 0 spiro atoms. The van der Waals surface area contributed by atoms with Crippen molar-refractivity contribution in [2.75, 3.05) is 13.1 Å². The van der Waals surface area contributed by atoms with Gasteiger partial charge in [-0.1, -0.05) is 18.2 Å². The van der Waals surface area contributed by atoms with Gasteiger partial charge in [0.25, 0.3) is 0 Å². The van der Waals surface area contributed by atoms with Gasteiger partial charge in [0, 0.05) is 6.54 Å². The molecule has 86 valence electrons. The molecule has 0 saturated carbocycles. The molecule has 2 N–H and O–H groups in total. The van der Waals surface area contributed by atoms with Gasteiger partial charge in [0.2, 0.25) is 0 Å². The van der Waals surface area contributed by atoms with Gasteiger partial charge in [-0.25, -0.2) is 4.79 Å². The van der Waals surface area contributed by atoms with E-state index in [-0.39, 0.29) is 12.4 Å². The van der Waals surface area contributed by atoms with Crippen molar-refractivity contribution < 1.29 is 9.90 Å². The van der Waals surface area contributed by atoms with Crippen LogP contribution in [-0.2, 0) is 0 Å². The predicted octanol–water partition coefficient (Wildman–Crippen LogP) is 2.18. The summed E-state index contributed by atoms with van der Waals surface area (Å²) in [7, 11) is 0. The van der Waals surface area contributed by atoms with Crippen LogP contribution in [0.2, 0.25) is 0 Å². The third-order valence-electron chi connectivity index (χ3n) is 2.57. The quantitative estimate of drug-likeness (QED) is 0.832. The standard InChI is InChI=1S/C12H13NO2.ClH/c14-12(15)11-3-1-9(2-4-11)10-5-7-13-8-6-10;/h1-5,13H,6-8H2,(H,14,15);1H. The maximum Gasteiger partial charge on any atom is 0.335 e. The molecule has 3 nitrogen and oxygen atoms in total. The van der Waals surface area contributed by atoms with E-state index in [1.165, 1.54) is 5.57 Å². The van der Waals surface area contributed by atoms with Gasteiger partial charge < -0.3 is 10.4 Å². The average Bonchev–Trinajstić information content (AvgIpc) is 2.30. The van der Waals surface area contributed by atoms with Crippen molar-refractivity contribution in [1.29, 1.82) is 0 Å². The van der Waals surface area contributed by atoms with Crippen LogP contribution >= 0.6 is 12.4 Å². The molecule has 0 atom stereocenters. The molecule has 0 fully saturated rings. The number of hydrogen-bond acceptors (Lipinski definition) is 2. The Kier molecular flexibility index (Phi) is 4.52. The van der Waals surface area contributed by atoms with Crippen LogP contribution in [0.5, 0.6) is 0 Å². The molecule has 0 unspecified atom stereocenters. The van der Waals surface area contributed by atoms with E-state index in [4.69, 9.17) is 5.11 Å². The second-order valence-corrected chi connectivity index (χ2v) is 3.57. The van der Waals surface area contributed by atoms with Crippen molar-refractivity contribution in [2.24, 2.45) is 0 Å². The van der Waals surface area contributed by atoms with Gasteiger partial charge in [-0.15, -0.1) is 12.4 Å². The topological polar surface area (TPSA) is 49.3 Å². The first kappa shape index (κ1) is 12.7. The van der Waals surface area contributed by atoms with E-state index in [2.05, 4.69) is 11.4 Å². The third-order valence-corrected chi connectivity index (χ3v) is 2.57. The van der Waals surface area contributed by atoms with Crippen molar-refractivity contribution in [3.8, 4) is 0 Å². The summed E-state index contributed by atoms with van der Waals surface area (Å²) >= 11 is 0. The van der Waals surface area contributed by atoms with E-state index >= 15 is 0 Å². The van der Waals surface area contributed by atoms with Crippen molar-refractivity contribution in [3.63, 3.8) is 0 Å². The summed E-state index contributed by atoms with van der Waals surface area (Å²) in [6, 6.07) is 7.06. The van der Waals surface area contributed by atoms with Gasteiger partial charge in [0.05, 0.1) is 5.56 Å². The molecule has 1 aliphatic heterocycles. The third kappa shape index (κ3) is 2.84. The molecule has 4 heteroatoms. The smallest absolute Gasteiger partial charge is 0.335 e. The highest BCUT2D eigenvalue weighted by Gasteiger charge is 2.07. The molecule has 1 heterocycles. The molecule has 0 aromatic heterocycles. The van der Waals surface area contributed by atoms with Crippen LogP contribution in [0.1, 0.15) is 22.3 Å². The molecular weight excluding hydrogens is 226 g/mol. The summed E-state index contributed by atoms with van der Waals surface area (Å²) in [6.45, 7) is 1.89. The van der Waals surface area contributed by atoms with Gasteiger partial charge in [0.1, 0.15) is 0 Å². The zero-order valence-electron chi connectivity index (χ0n) is 8.77. The molecule has 1 aliphatic rings. The number of carbonyl (C=O) groups is 1. The molecule has 0 amide bonds. The first-order valence-corrected chi connectivity index (χ1v) is 5.01. The van der Waals surface area contributed by atoms with E-state index < -0.39 is 5.97 Å². The molecule has 0 saturated heterocycles. The second-order valence-electron chi connectivity index (χ2n) is 3.57. The fourth-order valence-electron chi connectivity index (χ4n) is 1.71. The van der Waals surface area contributed by atoms with E-state index in [1.54, 1.807) is 12.1 Å². The van der Waals surface area contributed by atoms with Crippen LogP contribution in [0.4, 0.5) is 0 Å². The van der Waals surface area contributed by atoms with Crippen molar-refractivity contribution in [2.45, 2.75) is 6.42 Å². The largest absolute Gasteiger partial charge is 0.478 e. The molecule has 1 aromatic rings. The van der Waals surface area contributed by atoms with E-state index in [0.717, 1.165) is 25.1 Å². The molecular formula is C12H14ClNO2. The van der Waals surface area contributed by atoms with Gasteiger partial charge in [0.15, 0.2) is 0 Å². The van der Waals surface area contributed by atoms with Gasteiger partial charge >= 0.3 is 5.97 Å². The molecule has 2 rings (SSSR count). The fourth-order valence-corrected chi connectivity index (χ4v) is 1.71. The maximum atomic E-state index is 10.7. The highest BCUT2D eigenvalue weighted by atomic mass is 35.5. The Bertz CT molecular complexity index is 398. The summed E-state index contributed by atoms with van der Waals surface area (Å²) in [5.41, 5.74) is 2.76. The van der Waals surface area contributed by atoms with Crippen molar-refractivity contribution in [1.82, 2.24) is 5.32 Å². The van der Waals surface area contributed by atoms with E-state index in [0.29, 0.717) is 5.56 Å². The summed E-state index contributed by atoms with van der Waals surface area (Å²) in [4.78, 5) is 10.7. The molecule has 0 bridgehead atoms. The monoisotopic (exact) mass is 239 g/mol. The van der Waals surface area contributed by atoms with Crippen LogP contribution in [0.15, 0.2) is 30.3 Å². The molecule has 0 radical (unpaired) electrons. The Labute approximate surface area is 101 Å². The first-order chi connectivity index (χ1) is 7.27. The fraction of sp³-hybridized carbons (Fsp3) is 0.250. The summed E-state index contributed by atoms with van der Waals surface area (Å²) < 4.78 is 0. The van der Waals surface area contributed by atoms with Crippen LogP contribution in [0.3, 0.4) is 0 Å². The molecule has 16 heavy (non-hydrogen) atoms. The Hall–Kier alpha value is -1.32. The zero-order valence-corrected chi connectivity index (χ0v) is 9.59. The highest BCUT2D eigenvalue weighted by molar-refractivity contribution is 5.88. The minimum atomic E-state index is -0.874. The first-order valence-electron chi connectivity index (χ1n) is 5.01. The van der Waals surface area contributed by atoms with Crippen LogP contribution in [0, 0.1) is 0 Å². The van der Waals surface area contributed by atoms with Crippen molar-refractivity contribution in [3.05, 3.63) is 41.5 Å². The maximum absolute atomic E-state index is 10.7. The van der Waals surface area contributed by atoms with Gasteiger partial charge in [-0.3, -0.25) is 0 Å². The minimum Gasteiger partial charge on any atom is -0.478 e. The molecule has 1 aromatic carbocycles. The second kappa shape index (κ2) is 5.68. The normalized spacial score (nSPS) is 14.9. The van der Waals surface area contributed by atoms with Gasteiger partial charge in [-0.05, 0) is 36.2 Å². The lowest BCUT2D eigenvalue weighted by molar-refractivity contribution is 0.0697. The van der Waals surface area contributed by atoms with Crippen LogP contribution in [0.25, 0.3) is 5.57 Å². The Morgan fingerprint density at radius 2 is 1.94 bits per heavy atom.